The lowest BCUT2D eigenvalue weighted by atomic mass is 10.1. The number of hydrogen-bond donors (Lipinski definition) is 1. The summed E-state index contributed by atoms with van der Waals surface area (Å²) in [5, 5.41) is 9.87. The number of anilines is 1. The molecule has 1 aromatic carbocycles. The second-order valence-corrected chi connectivity index (χ2v) is 6.66. The zero-order chi connectivity index (χ0) is 16.5. The second-order valence-electron chi connectivity index (χ2n) is 6.66. The summed E-state index contributed by atoms with van der Waals surface area (Å²) < 4.78 is 0. The SMILES string of the molecule is CN(CC(C)(C)O)C(=O)c1ccccc1N(C)C(=O)C1CC1. The van der Waals surface area contributed by atoms with Gasteiger partial charge >= 0.3 is 0 Å². The highest BCUT2D eigenvalue weighted by molar-refractivity contribution is 6.05. The van der Waals surface area contributed by atoms with Crippen LogP contribution in [0.1, 0.15) is 37.0 Å². The van der Waals surface area contributed by atoms with Crippen molar-refractivity contribution in [3.05, 3.63) is 29.8 Å². The van der Waals surface area contributed by atoms with Gasteiger partial charge in [0.15, 0.2) is 0 Å². The van der Waals surface area contributed by atoms with Gasteiger partial charge in [0.05, 0.1) is 16.9 Å². The highest BCUT2D eigenvalue weighted by atomic mass is 16.3. The normalized spacial score (nSPS) is 14.6. The van der Waals surface area contributed by atoms with Crippen molar-refractivity contribution in [3.63, 3.8) is 0 Å². The van der Waals surface area contributed by atoms with Crippen LogP contribution in [0.4, 0.5) is 5.69 Å². The van der Waals surface area contributed by atoms with Crippen LogP contribution in [-0.4, -0.2) is 48.1 Å². The van der Waals surface area contributed by atoms with Gasteiger partial charge in [0, 0.05) is 26.6 Å². The molecule has 5 nitrogen and oxygen atoms in total. The van der Waals surface area contributed by atoms with Crippen molar-refractivity contribution in [3.8, 4) is 0 Å². The van der Waals surface area contributed by atoms with E-state index in [1.54, 1.807) is 51.0 Å². The van der Waals surface area contributed by atoms with Gasteiger partial charge in [-0.05, 0) is 38.8 Å². The number of benzene rings is 1. The summed E-state index contributed by atoms with van der Waals surface area (Å²) in [5.74, 6) is -0.0409. The maximum absolute atomic E-state index is 12.6. The lowest BCUT2D eigenvalue weighted by Gasteiger charge is -2.27. The van der Waals surface area contributed by atoms with E-state index in [2.05, 4.69) is 0 Å². The number of amides is 2. The van der Waals surface area contributed by atoms with E-state index in [4.69, 9.17) is 0 Å². The minimum Gasteiger partial charge on any atom is -0.389 e. The Hall–Kier alpha value is -1.88. The van der Waals surface area contributed by atoms with Crippen LogP contribution in [0.5, 0.6) is 0 Å². The van der Waals surface area contributed by atoms with Crippen molar-refractivity contribution in [1.29, 1.82) is 0 Å². The average molecular weight is 304 g/mol. The van der Waals surface area contributed by atoms with E-state index in [1.807, 2.05) is 6.07 Å². The zero-order valence-electron chi connectivity index (χ0n) is 13.7. The summed E-state index contributed by atoms with van der Waals surface area (Å²) in [7, 11) is 3.36. The lowest BCUT2D eigenvalue weighted by Crippen LogP contribution is -2.40. The van der Waals surface area contributed by atoms with Crippen LogP contribution in [0.15, 0.2) is 24.3 Å². The van der Waals surface area contributed by atoms with E-state index >= 15 is 0 Å². The van der Waals surface area contributed by atoms with Gasteiger partial charge in [0.1, 0.15) is 0 Å². The Bertz CT molecular complexity index is 574. The summed E-state index contributed by atoms with van der Waals surface area (Å²) in [4.78, 5) is 27.9. The zero-order valence-corrected chi connectivity index (χ0v) is 13.7. The molecule has 1 fully saturated rings. The van der Waals surface area contributed by atoms with Crippen molar-refractivity contribution in [2.45, 2.75) is 32.3 Å². The standard InChI is InChI=1S/C17H24N2O3/c1-17(2,22)11-18(3)16(21)13-7-5-6-8-14(13)19(4)15(20)12-9-10-12/h5-8,12,22H,9-11H2,1-4H3. The first-order valence-electron chi connectivity index (χ1n) is 7.55. The summed E-state index contributed by atoms with van der Waals surface area (Å²) in [6.45, 7) is 3.54. The van der Waals surface area contributed by atoms with E-state index in [0.29, 0.717) is 11.3 Å². The molecule has 0 saturated heterocycles. The number of likely N-dealkylation sites (N-methyl/N-ethyl adjacent to an activating group) is 1. The maximum atomic E-state index is 12.6. The number of nitrogens with zero attached hydrogens (tertiary/aromatic N) is 2. The highest BCUT2D eigenvalue weighted by Crippen LogP contribution is 2.33. The molecule has 0 aromatic heterocycles. The third kappa shape index (κ3) is 3.85. The first-order chi connectivity index (χ1) is 10.2. The van der Waals surface area contributed by atoms with Crippen molar-refractivity contribution < 1.29 is 14.7 Å². The van der Waals surface area contributed by atoms with Gasteiger partial charge in [-0.25, -0.2) is 0 Å². The second kappa shape index (κ2) is 6.08. The molecule has 0 atom stereocenters. The third-order valence-corrected chi connectivity index (χ3v) is 3.72. The first kappa shape index (κ1) is 16.5. The fourth-order valence-corrected chi connectivity index (χ4v) is 2.53. The van der Waals surface area contributed by atoms with Gasteiger partial charge in [-0.3, -0.25) is 9.59 Å². The number of carbonyl (C=O) groups excluding carboxylic acids is 2. The maximum Gasteiger partial charge on any atom is 0.255 e. The van der Waals surface area contributed by atoms with Gasteiger partial charge < -0.3 is 14.9 Å². The van der Waals surface area contributed by atoms with Crippen LogP contribution in [-0.2, 0) is 4.79 Å². The monoisotopic (exact) mass is 304 g/mol. The molecule has 1 aliphatic carbocycles. The Morgan fingerprint density at radius 3 is 2.36 bits per heavy atom. The molecular weight excluding hydrogens is 280 g/mol. The summed E-state index contributed by atoms with van der Waals surface area (Å²) in [6, 6.07) is 7.10. The molecule has 0 aliphatic heterocycles. The molecule has 0 spiro atoms. The largest absolute Gasteiger partial charge is 0.389 e. The van der Waals surface area contributed by atoms with Gasteiger partial charge in [-0.1, -0.05) is 12.1 Å². The summed E-state index contributed by atoms with van der Waals surface area (Å²) in [6.07, 6.45) is 1.86. The topological polar surface area (TPSA) is 60.9 Å². The van der Waals surface area contributed by atoms with Crippen LogP contribution in [0, 0.1) is 5.92 Å². The molecule has 0 radical (unpaired) electrons. The molecule has 0 unspecified atom stereocenters. The molecule has 1 N–H and O–H groups in total. The van der Waals surface area contributed by atoms with Crippen molar-refractivity contribution >= 4 is 17.5 Å². The Balaban J connectivity index is 2.23. The summed E-state index contributed by atoms with van der Waals surface area (Å²) >= 11 is 0. The molecule has 0 bridgehead atoms. The van der Waals surface area contributed by atoms with Crippen LogP contribution >= 0.6 is 0 Å². The molecule has 22 heavy (non-hydrogen) atoms. The van der Waals surface area contributed by atoms with E-state index in [-0.39, 0.29) is 24.3 Å². The molecular formula is C17H24N2O3. The van der Waals surface area contributed by atoms with Crippen molar-refractivity contribution in [2.24, 2.45) is 5.92 Å². The van der Waals surface area contributed by atoms with Crippen LogP contribution < -0.4 is 4.90 Å². The van der Waals surface area contributed by atoms with Crippen LogP contribution in [0.3, 0.4) is 0 Å². The van der Waals surface area contributed by atoms with Gasteiger partial charge in [0.25, 0.3) is 5.91 Å². The number of aliphatic hydroxyl groups is 1. The quantitative estimate of drug-likeness (QED) is 0.904. The lowest BCUT2D eigenvalue weighted by molar-refractivity contribution is -0.119. The van der Waals surface area contributed by atoms with Crippen molar-refractivity contribution in [2.75, 3.05) is 25.5 Å². The number of para-hydroxylation sites is 1. The van der Waals surface area contributed by atoms with E-state index in [1.165, 1.54) is 4.90 Å². The van der Waals surface area contributed by atoms with Crippen LogP contribution in [0.25, 0.3) is 0 Å². The number of hydrogen-bond acceptors (Lipinski definition) is 3. The molecule has 2 amide bonds. The fourth-order valence-electron chi connectivity index (χ4n) is 2.53. The molecule has 5 heteroatoms. The molecule has 1 saturated carbocycles. The van der Waals surface area contributed by atoms with Gasteiger partial charge in [-0.2, -0.15) is 0 Å². The molecule has 120 valence electrons. The average Bonchev–Trinajstić information content (AvgIpc) is 3.27. The predicted molar refractivity (Wildman–Crippen MR) is 85.8 cm³/mol. The number of carbonyl (C=O) groups is 2. The van der Waals surface area contributed by atoms with Gasteiger partial charge in [0.2, 0.25) is 5.91 Å². The Morgan fingerprint density at radius 1 is 1.23 bits per heavy atom. The van der Waals surface area contributed by atoms with E-state index in [9.17, 15) is 14.7 Å². The van der Waals surface area contributed by atoms with E-state index in [0.717, 1.165) is 12.8 Å². The first-order valence-corrected chi connectivity index (χ1v) is 7.55. The Kier molecular flexibility index (Phi) is 4.56. The summed E-state index contributed by atoms with van der Waals surface area (Å²) in [5.41, 5.74) is 0.132. The Morgan fingerprint density at radius 2 is 1.82 bits per heavy atom. The predicted octanol–water partition coefficient (Wildman–Crippen LogP) is 1.90. The molecule has 2 rings (SSSR count). The van der Waals surface area contributed by atoms with Gasteiger partial charge in [-0.15, -0.1) is 0 Å². The van der Waals surface area contributed by atoms with Crippen LogP contribution in [0.2, 0.25) is 0 Å². The smallest absolute Gasteiger partial charge is 0.255 e. The Labute approximate surface area is 131 Å². The number of rotatable bonds is 5. The van der Waals surface area contributed by atoms with E-state index < -0.39 is 5.60 Å². The molecule has 1 aromatic rings. The minimum absolute atomic E-state index is 0.0605. The minimum atomic E-state index is -0.963. The molecule has 0 heterocycles. The van der Waals surface area contributed by atoms with Crippen molar-refractivity contribution in [1.82, 2.24) is 4.90 Å². The molecule has 1 aliphatic rings. The third-order valence-electron chi connectivity index (χ3n) is 3.72. The highest BCUT2D eigenvalue weighted by Gasteiger charge is 2.34. The fraction of sp³-hybridized carbons (Fsp3) is 0.529.